The van der Waals surface area contributed by atoms with Crippen molar-refractivity contribution in [2.24, 2.45) is 11.3 Å². The average molecular weight is 300 g/mol. The number of likely N-dealkylation sites (tertiary alicyclic amines) is 1. The number of alkyl halides is 4. The lowest BCUT2D eigenvalue weighted by molar-refractivity contribution is -0.185. The first-order valence-corrected chi connectivity index (χ1v) is 6.92. The van der Waals surface area contributed by atoms with E-state index in [1.807, 2.05) is 0 Å². The Hall–Kier alpha value is 0.230. The second-order valence-electron chi connectivity index (χ2n) is 5.23. The van der Waals surface area contributed by atoms with E-state index in [1.165, 1.54) is 12.8 Å². The molecule has 0 radical (unpaired) electrons. The third-order valence-electron chi connectivity index (χ3n) is 3.85. The Morgan fingerprint density at radius 1 is 1.19 bits per heavy atom. The molecule has 1 nitrogen and oxygen atoms in total. The molecular weight excluding hydrogens is 283 g/mol. The van der Waals surface area contributed by atoms with Gasteiger partial charge >= 0.3 is 6.18 Å². The van der Waals surface area contributed by atoms with Crippen molar-refractivity contribution in [2.75, 3.05) is 25.0 Å². The van der Waals surface area contributed by atoms with E-state index in [4.69, 9.17) is 0 Å². The Bertz CT molecular complexity index is 242. The molecule has 2 aliphatic rings. The molecule has 0 unspecified atom stereocenters. The number of hydrogen-bond donors (Lipinski definition) is 0. The second kappa shape index (κ2) is 4.48. The molecule has 2 rings (SSSR count). The van der Waals surface area contributed by atoms with Gasteiger partial charge in [0.1, 0.15) is 0 Å². The molecule has 1 aliphatic carbocycles. The van der Waals surface area contributed by atoms with Gasteiger partial charge in [0.15, 0.2) is 0 Å². The number of nitrogens with zero attached hydrogens (tertiary/aromatic N) is 1. The van der Waals surface area contributed by atoms with Crippen LogP contribution in [0.3, 0.4) is 0 Å². The summed E-state index contributed by atoms with van der Waals surface area (Å²) in [6.45, 7) is 2.20. The lowest BCUT2D eigenvalue weighted by Gasteiger charge is -2.34. The summed E-state index contributed by atoms with van der Waals surface area (Å²) in [5.41, 5.74) is 0.380. The Balaban J connectivity index is 1.77. The van der Waals surface area contributed by atoms with Crippen molar-refractivity contribution in [3.63, 3.8) is 0 Å². The van der Waals surface area contributed by atoms with Crippen molar-refractivity contribution >= 4 is 15.9 Å². The predicted molar refractivity (Wildman–Crippen MR) is 60.7 cm³/mol. The fourth-order valence-corrected chi connectivity index (χ4v) is 3.14. The molecule has 0 aromatic carbocycles. The summed E-state index contributed by atoms with van der Waals surface area (Å²) in [5.74, 6) is -1.07. The minimum Gasteiger partial charge on any atom is -0.303 e. The van der Waals surface area contributed by atoms with Crippen LogP contribution in [0, 0.1) is 11.3 Å². The van der Waals surface area contributed by atoms with Gasteiger partial charge in [-0.3, -0.25) is 0 Å². The molecule has 1 heterocycles. The van der Waals surface area contributed by atoms with Crippen LogP contribution in [0.1, 0.15) is 25.7 Å². The van der Waals surface area contributed by atoms with Gasteiger partial charge in [-0.25, -0.2) is 0 Å². The summed E-state index contributed by atoms with van der Waals surface area (Å²) in [4.78, 5) is 2.20. The molecule has 1 saturated carbocycles. The lowest BCUT2D eigenvalue weighted by Crippen LogP contribution is -2.41. The minimum atomic E-state index is -3.99. The Labute approximate surface area is 103 Å². The summed E-state index contributed by atoms with van der Waals surface area (Å²) in [5, 5.41) is 0.985. The first-order chi connectivity index (χ1) is 7.45. The lowest BCUT2D eigenvalue weighted by atomic mass is 9.95. The third-order valence-corrected chi connectivity index (χ3v) is 5.04. The second-order valence-corrected chi connectivity index (χ2v) is 5.79. The Kier molecular flexibility index (Phi) is 3.55. The quantitative estimate of drug-likeness (QED) is 0.722. The van der Waals surface area contributed by atoms with Crippen LogP contribution in [0.5, 0.6) is 0 Å². The highest BCUT2D eigenvalue weighted by molar-refractivity contribution is 9.09. The highest BCUT2D eigenvalue weighted by Crippen LogP contribution is 2.48. The maximum atomic E-state index is 12.5. The number of halogens is 4. The first kappa shape index (κ1) is 12.7. The first-order valence-electron chi connectivity index (χ1n) is 5.80. The molecule has 1 saturated heterocycles. The fourth-order valence-electron chi connectivity index (χ4n) is 2.40. The van der Waals surface area contributed by atoms with Crippen molar-refractivity contribution in [3.05, 3.63) is 0 Å². The van der Waals surface area contributed by atoms with Crippen LogP contribution in [-0.2, 0) is 0 Å². The summed E-state index contributed by atoms with van der Waals surface area (Å²) in [7, 11) is 0. The van der Waals surface area contributed by atoms with E-state index in [0.717, 1.165) is 11.9 Å². The van der Waals surface area contributed by atoms with Gasteiger partial charge in [-0.15, -0.1) is 0 Å². The number of piperidine rings is 1. The zero-order valence-electron chi connectivity index (χ0n) is 9.19. The summed E-state index contributed by atoms with van der Waals surface area (Å²) >= 11 is 3.50. The van der Waals surface area contributed by atoms with Crippen LogP contribution >= 0.6 is 15.9 Å². The summed E-state index contributed by atoms with van der Waals surface area (Å²) < 4.78 is 37.4. The largest absolute Gasteiger partial charge is 0.391 e. The van der Waals surface area contributed by atoms with Crippen LogP contribution in [-0.4, -0.2) is 36.0 Å². The monoisotopic (exact) mass is 299 g/mol. The topological polar surface area (TPSA) is 3.24 Å². The zero-order valence-corrected chi connectivity index (χ0v) is 10.8. The standard InChI is InChI=1S/C11H17BrF3N/c12-7-10(3-4-10)8-16-5-1-9(2-6-16)11(13,14)15/h9H,1-8H2. The van der Waals surface area contributed by atoms with Crippen LogP contribution < -0.4 is 0 Å². The smallest absolute Gasteiger partial charge is 0.303 e. The molecule has 0 spiro atoms. The molecule has 16 heavy (non-hydrogen) atoms. The van der Waals surface area contributed by atoms with Crippen molar-refractivity contribution in [2.45, 2.75) is 31.9 Å². The van der Waals surface area contributed by atoms with Gasteiger partial charge in [0.2, 0.25) is 0 Å². The molecule has 94 valence electrons. The molecule has 0 aromatic heterocycles. The van der Waals surface area contributed by atoms with E-state index >= 15 is 0 Å². The molecular formula is C11H17BrF3N. The Morgan fingerprint density at radius 2 is 1.75 bits per heavy atom. The highest BCUT2D eigenvalue weighted by atomic mass is 79.9. The number of hydrogen-bond acceptors (Lipinski definition) is 1. The van der Waals surface area contributed by atoms with Crippen molar-refractivity contribution < 1.29 is 13.2 Å². The van der Waals surface area contributed by atoms with Gasteiger partial charge in [0.25, 0.3) is 0 Å². The van der Waals surface area contributed by atoms with Gasteiger partial charge < -0.3 is 4.90 Å². The molecule has 0 amide bonds. The highest BCUT2D eigenvalue weighted by Gasteiger charge is 2.45. The van der Waals surface area contributed by atoms with Crippen molar-refractivity contribution in [1.29, 1.82) is 0 Å². The SMILES string of the molecule is FC(F)(F)C1CCN(CC2(CBr)CC2)CC1. The summed E-state index contributed by atoms with van der Waals surface area (Å²) in [6, 6.07) is 0. The molecule has 0 N–H and O–H groups in total. The number of rotatable bonds is 3. The van der Waals surface area contributed by atoms with Gasteiger partial charge in [-0.1, -0.05) is 15.9 Å². The van der Waals surface area contributed by atoms with E-state index in [-0.39, 0.29) is 12.8 Å². The van der Waals surface area contributed by atoms with Gasteiger partial charge in [0.05, 0.1) is 5.92 Å². The van der Waals surface area contributed by atoms with E-state index in [1.54, 1.807) is 0 Å². The average Bonchev–Trinajstić information content (AvgIpc) is 2.98. The van der Waals surface area contributed by atoms with Crippen LogP contribution in [0.25, 0.3) is 0 Å². The molecule has 0 bridgehead atoms. The van der Waals surface area contributed by atoms with Crippen LogP contribution in [0.2, 0.25) is 0 Å². The maximum Gasteiger partial charge on any atom is 0.391 e. The minimum absolute atomic E-state index is 0.280. The molecule has 0 atom stereocenters. The van der Waals surface area contributed by atoms with E-state index < -0.39 is 12.1 Å². The van der Waals surface area contributed by atoms with Crippen molar-refractivity contribution in [3.8, 4) is 0 Å². The van der Waals surface area contributed by atoms with Crippen molar-refractivity contribution in [1.82, 2.24) is 4.90 Å². The molecule has 5 heteroatoms. The van der Waals surface area contributed by atoms with Gasteiger partial charge in [-0.05, 0) is 44.2 Å². The van der Waals surface area contributed by atoms with E-state index in [0.29, 0.717) is 18.5 Å². The van der Waals surface area contributed by atoms with Gasteiger partial charge in [-0.2, -0.15) is 13.2 Å². The zero-order chi connectivity index (χ0) is 11.8. The normalized spacial score (nSPS) is 27.0. The predicted octanol–water partition coefficient (Wildman–Crippen LogP) is 3.44. The van der Waals surface area contributed by atoms with E-state index in [2.05, 4.69) is 20.8 Å². The maximum absolute atomic E-state index is 12.5. The summed E-state index contributed by atoms with van der Waals surface area (Å²) in [6.07, 6.45) is -0.989. The van der Waals surface area contributed by atoms with Gasteiger partial charge in [0, 0.05) is 11.9 Å². The van der Waals surface area contributed by atoms with Crippen LogP contribution in [0.4, 0.5) is 13.2 Å². The Morgan fingerprint density at radius 3 is 2.12 bits per heavy atom. The van der Waals surface area contributed by atoms with E-state index in [9.17, 15) is 13.2 Å². The molecule has 1 aliphatic heterocycles. The van der Waals surface area contributed by atoms with Crippen LogP contribution in [0.15, 0.2) is 0 Å². The fraction of sp³-hybridized carbons (Fsp3) is 1.00. The molecule has 0 aromatic rings. The third kappa shape index (κ3) is 2.92. The molecule has 2 fully saturated rings.